The molecule has 2 aliphatic heterocycles. The van der Waals surface area contributed by atoms with Crippen molar-refractivity contribution in [3.05, 3.63) is 36.4 Å². The van der Waals surface area contributed by atoms with Crippen LogP contribution in [0.2, 0.25) is 0 Å². The van der Waals surface area contributed by atoms with Gasteiger partial charge in [0, 0.05) is 21.4 Å². The van der Waals surface area contributed by atoms with Gasteiger partial charge in [-0.1, -0.05) is 107 Å². The minimum absolute atomic E-state index is 0.0497. The molecule has 2 amide bonds. The smallest absolute Gasteiger partial charge is 0.232 e. The summed E-state index contributed by atoms with van der Waals surface area (Å²) < 4.78 is 0. The summed E-state index contributed by atoms with van der Waals surface area (Å²) in [5.74, 6) is 0.365. The number of hydrogen-bond acceptors (Lipinski definition) is 2. The summed E-state index contributed by atoms with van der Waals surface area (Å²) >= 11 is 0. The molecule has 2 aromatic rings. The van der Waals surface area contributed by atoms with Crippen molar-refractivity contribution >= 4 is 49.6 Å². The van der Waals surface area contributed by atoms with Gasteiger partial charge in [0.25, 0.3) is 0 Å². The molecule has 0 N–H and O–H groups in total. The first-order valence-corrected chi connectivity index (χ1v) is 16.8. The lowest BCUT2D eigenvalue weighted by molar-refractivity contribution is -0.126. The van der Waals surface area contributed by atoms with Crippen molar-refractivity contribution < 1.29 is 9.59 Å². The van der Waals surface area contributed by atoms with Gasteiger partial charge in [0.1, 0.15) is 0 Å². The molecule has 38 heavy (non-hydrogen) atoms. The maximum absolute atomic E-state index is 13.6. The normalized spacial score (nSPS) is 20.0. The predicted molar refractivity (Wildman–Crippen MR) is 168 cm³/mol. The first-order chi connectivity index (χ1) is 17.2. The van der Waals surface area contributed by atoms with Gasteiger partial charge in [-0.3, -0.25) is 9.59 Å². The van der Waals surface area contributed by atoms with E-state index in [-0.39, 0.29) is 22.1 Å². The highest BCUT2D eigenvalue weighted by Gasteiger charge is 2.45. The third-order valence-corrected chi connectivity index (χ3v) is 13.8. The summed E-state index contributed by atoms with van der Waals surface area (Å²) in [5, 5.41) is 2.78. The topological polar surface area (TPSA) is 40.6 Å². The van der Waals surface area contributed by atoms with Gasteiger partial charge in [0.2, 0.25) is 11.8 Å². The molecule has 206 valence electrons. The monoisotopic (exact) mass is 552 g/mol. The molecular weight excluding hydrogens is 506 g/mol. The van der Waals surface area contributed by atoms with Crippen LogP contribution in [0.4, 0.5) is 11.4 Å². The van der Waals surface area contributed by atoms with E-state index >= 15 is 0 Å². The van der Waals surface area contributed by atoms with E-state index in [1.807, 2.05) is 41.5 Å². The minimum atomic E-state index is -0.625. The Labute approximate surface area is 233 Å². The SMILES string of the molecule is CC(C)(C)C(=O)N1CP(C(C)(C)C)c2c(-c3cccc4c3P(C(C)(C)C)CN4C(=O)C(C)(C)C)cccc21. The minimum Gasteiger partial charge on any atom is -0.307 e. The Hall–Kier alpha value is -1.76. The van der Waals surface area contributed by atoms with Crippen LogP contribution in [0, 0.1) is 10.8 Å². The molecular formula is C32H46N2O2P2. The average molecular weight is 553 g/mol. The lowest BCUT2D eigenvalue weighted by atomic mass is 9.94. The van der Waals surface area contributed by atoms with Crippen LogP contribution in [0.3, 0.4) is 0 Å². The van der Waals surface area contributed by atoms with Gasteiger partial charge >= 0.3 is 0 Å². The van der Waals surface area contributed by atoms with Gasteiger partial charge in [-0.2, -0.15) is 0 Å². The Morgan fingerprint density at radius 2 is 0.895 bits per heavy atom. The molecule has 2 unspecified atom stereocenters. The molecule has 6 heteroatoms. The number of anilines is 2. The highest BCUT2D eigenvalue weighted by molar-refractivity contribution is 7.69. The van der Waals surface area contributed by atoms with Gasteiger partial charge in [-0.25, -0.2) is 0 Å². The molecule has 0 fully saturated rings. The van der Waals surface area contributed by atoms with Crippen LogP contribution in [0.1, 0.15) is 83.1 Å². The third-order valence-electron chi connectivity index (χ3n) is 7.40. The standard InChI is InChI=1S/C32H46N2O2P2/c1-29(2,3)27(35)33-19-37(31(7,8)9)25-21(15-13-17-23(25)33)22-16-14-18-24-26(22)38(32(10,11)12)20-34(24)28(36)30(4,5)6/h13-18H,19-20H2,1-12H3. The second-order valence-electron chi connectivity index (χ2n) is 14.8. The Kier molecular flexibility index (Phi) is 7.24. The lowest BCUT2D eigenvalue weighted by Crippen LogP contribution is -2.38. The Morgan fingerprint density at radius 3 is 1.16 bits per heavy atom. The molecule has 0 saturated heterocycles. The van der Waals surface area contributed by atoms with Crippen molar-refractivity contribution in [2.24, 2.45) is 10.8 Å². The van der Waals surface area contributed by atoms with Crippen LogP contribution in [0.25, 0.3) is 11.1 Å². The molecule has 0 saturated carbocycles. The fourth-order valence-corrected chi connectivity index (χ4v) is 10.8. The van der Waals surface area contributed by atoms with Crippen molar-refractivity contribution in [3.8, 4) is 11.1 Å². The summed E-state index contributed by atoms with van der Waals surface area (Å²) in [6.07, 6.45) is 1.53. The molecule has 2 atom stereocenters. The fraction of sp³-hybridized carbons (Fsp3) is 0.562. The zero-order valence-corrected chi connectivity index (χ0v) is 27.3. The van der Waals surface area contributed by atoms with E-state index in [1.165, 1.54) is 21.7 Å². The number of carbonyl (C=O) groups is 2. The highest BCUT2D eigenvalue weighted by Crippen LogP contribution is 2.60. The Morgan fingerprint density at radius 1 is 0.579 bits per heavy atom. The molecule has 2 heterocycles. The summed E-state index contributed by atoms with van der Waals surface area (Å²) in [5.41, 5.74) is 3.74. The van der Waals surface area contributed by atoms with Crippen LogP contribution in [0.15, 0.2) is 36.4 Å². The number of carbonyl (C=O) groups excluding carboxylic acids is 2. The first-order valence-electron chi connectivity index (χ1n) is 13.7. The zero-order chi connectivity index (χ0) is 28.6. The number of benzene rings is 2. The average Bonchev–Trinajstić information content (AvgIpc) is 3.35. The predicted octanol–water partition coefficient (Wildman–Crippen LogP) is 7.87. The summed E-state index contributed by atoms with van der Waals surface area (Å²) in [6, 6.07) is 13.0. The molecule has 0 spiro atoms. The molecule has 0 bridgehead atoms. The molecule has 0 radical (unpaired) electrons. The second kappa shape index (κ2) is 9.42. The first kappa shape index (κ1) is 29.2. The number of fused-ring (bicyclic) bond motifs is 2. The van der Waals surface area contributed by atoms with Gasteiger partial charge < -0.3 is 9.80 Å². The van der Waals surface area contributed by atoms with Crippen LogP contribution >= 0.6 is 15.8 Å². The molecule has 2 aliphatic rings. The van der Waals surface area contributed by atoms with E-state index in [0.717, 1.165) is 23.9 Å². The van der Waals surface area contributed by atoms with Gasteiger partial charge in [0.15, 0.2) is 0 Å². The van der Waals surface area contributed by atoms with Gasteiger partial charge in [0.05, 0.1) is 23.9 Å². The highest BCUT2D eigenvalue weighted by atomic mass is 31.1. The molecule has 2 aromatic carbocycles. The largest absolute Gasteiger partial charge is 0.307 e. The van der Waals surface area contributed by atoms with Crippen molar-refractivity contribution in [2.75, 3.05) is 22.4 Å². The zero-order valence-electron chi connectivity index (χ0n) is 25.5. The molecule has 4 nitrogen and oxygen atoms in total. The number of rotatable bonds is 1. The fourth-order valence-electron chi connectivity index (χ4n) is 5.33. The Bertz CT molecular complexity index is 1170. The van der Waals surface area contributed by atoms with E-state index in [0.29, 0.717) is 0 Å². The van der Waals surface area contributed by atoms with E-state index in [9.17, 15) is 9.59 Å². The van der Waals surface area contributed by atoms with E-state index < -0.39 is 26.7 Å². The maximum Gasteiger partial charge on any atom is 0.232 e. The van der Waals surface area contributed by atoms with Crippen molar-refractivity contribution in [2.45, 2.75) is 93.4 Å². The van der Waals surface area contributed by atoms with E-state index in [1.54, 1.807) is 0 Å². The summed E-state index contributed by atoms with van der Waals surface area (Å²) in [6.45, 7) is 25.9. The molecule has 4 rings (SSSR count). The lowest BCUT2D eigenvalue weighted by Gasteiger charge is -2.32. The number of hydrogen-bond donors (Lipinski definition) is 0. The number of amides is 2. The van der Waals surface area contributed by atoms with Crippen LogP contribution in [0.5, 0.6) is 0 Å². The summed E-state index contributed by atoms with van der Waals surface area (Å²) in [4.78, 5) is 31.4. The molecule has 0 aliphatic carbocycles. The van der Waals surface area contributed by atoms with Crippen LogP contribution in [-0.2, 0) is 9.59 Å². The van der Waals surface area contributed by atoms with Crippen molar-refractivity contribution in [1.29, 1.82) is 0 Å². The van der Waals surface area contributed by atoms with E-state index in [4.69, 9.17) is 0 Å². The van der Waals surface area contributed by atoms with Crippen molar-refractivity contribution in [3.63, 3.8) is 0 Å². The maximum atomic E-state index is 13.6. The van der Waals surface area contributed by atoms with Gasteiger partial charge in [-0.05, 0) is 49.4 Å². The Balaban J connectivity index is 1.99. The second-order valence-corrected chi connectivity index (χ2v) is 20.6. The van der Waals surface area contributed by atoms with Crippen molar-refractivity contribution in [1.82, 2.24) is 0 Å². The van der Waals surface area contributed by atoms with Crippen LogP contribution in [-0.4, -0.2) is 34.7 Å². The molecule has 0 aromatic heterocycles. The van der Waals surface area contributed by atoms with Gasteiger partial charge in [-0.15, -0.1) is 0 Å². The number of nitrogens with zero attached hydrogens (tertiary/aromatic N) is 2. The third kappa shape index (κ3) is 5.09. The van der Waals surface area contributed by atoms with Crippen LogP contribution < -0.4 is 20.4 Å². The van der Waals surface area contributed by atoms with E-state index in [2.05, 4.69) is 87.7 Å². The quantitative estimate of drug-likeness (QED) is 0.338. The summed E-state index contributed by atoms with van der Waals surface area (Å²) in [7, 11) is -1.25.